The summed E-state index contributed by atoms with van der Waals surface area (Å²) in [7, 11) is -3.17. The third-order valence-corrected chi connectivity index (χ3v) is 9.37. The second kappa shape index (κ2) is 12.1. The van der Waals surface area contributed by atoms with Crippen molar-refractivity contribution in [2.24, 2.45) is 5.73 Å². The van der Waals surface area contributed by atoms with Crippen LogP contribution < -0.4 is 10.6 Å². The number of hydrogen-bond acceptors (Lipinski definition) is 6. The van der Waals surface area contributed by atoms with E-state index in [1.807, 2.05) is 30.6 Å². The summed E-state index contributed by atoms with van der Waals surface area (Å²) in [5.41, 5.74) is 9.87. The van der Waals surface area contributed by atoms with Crippen molar-refractivity contribution in [3.63, 3.8) is 0 Å². The van der Waals surface area contributed by atoms with E-state index in [2.05, 4.69) is 20.9 Å². The Kier molecular flexibility index (Phi) is 8.92. The van der Waals surface area contributed by atoms with Gasteiger partial charge in [0.15, 0.2) is 0 Å². The number of hydrogen-bond donors (Lipinski definition) is 3. The van der Waals surface area contributed by atoms with E-state index < -0.39 is 28.1 Å². The zero-order valence-electron chi connectivity index (χ0n) is 22.4. The first-order valence-corrected chi connectivity index (χ1v) is 14.9. The lowest BCUT2D eigenvalue weighted by atomic mass is 9.88. The first kappa shape index (κ1) is 30.3. The summed E-state index contributed by atoms with van der Waals surface area (Å²) in [6.07, 6.45) is 2.61. The second-order valence-corrected chi connectivity index (χ2v) is 12.3. The number of halogens is 3. The van der Waals surface area contributed by atoms with Crippen molar-refractivity contribution >= 4 is 38.6 Å². The highest BCUT2D eigenvalue weighted by atomic mass is 32.2. The van der Waals surface area contributed by atoms with Gasteiger partial charge in [0.25, 0.3) is 5.91 Å². The van der Waals surface area contributed by atoms with Gasteiger partial charge in [0, 0.05) is 49.5 Å². The number of benzene rings is 1. The number of sulfonamides is 1. The number of fused-ring (bicyclic) bond motifs is 1. The quantitative estimate of drug-likeness (QED) is 0.389. The Bertz CT molecular complexity index is 1510. The molecular weight excluding hydrogens is 563 g/mol. The Morgan fingerprint density at radius 3 is 2.24 bits per heavy atom. The number of rotatable bonds is 6. The van der Waals surface area contributed by atoms with Gasteiger partial charge in [-0.05, 0) is 73.9 Å². The van der Waals surface area contributed by atoms with Crippen LogP contribution in [0, 0.1) is 0 Å². The molecule has 1 amide bonds. The van der Waals surface area contributed by atoms with E-state index in [1.54, 1.807) is 11.2 Å². The van der Waals surface area contributed by atoms with Crippen molar-refractivity contribution in [2.45, 2.75) is 44.7 Å². The molecule has 0 saturated carbocycles. The molecule has 0 atom stereocenters. The molecule has 2 aromatic heterocycles. The van der Waals surface area contributed by atoms with E-state index in [0.717, 1.165) is 59.3 Å². The average molecular weight is 596 g/mol. The highest BCUT2D eigenvalue weighted by Crippen LogP contribution is 2.37. The number of aliphatic carboxylic acids is 1. The van der Waals surface area contributed by atoms with Crippen LogP contribution in [0.4, 0.5) is 19.0 Å². The minimum absolute atomic E-state index is 0.126. The van der Waals surface area contributed by atoms with E-state index >= 15 is 0 Å². The number of carbonyl (C=O) groups is 2. The highest BCUT2D eigenvalue weighted by Gasteiger charge is 2.38. The first-order valence-electron chi connectivity index (χ1n) is 13.3. The minimum atomic E-state index is -5.08. The molecule has 14 heteroatoms. The van der Waals surface area contributed by atoms with Crippen LogP contribution in [0.15, 0.2) is 36.7 Å². The van der Waals surface area contributed by atoms with Gasteiger partial charge in [-0.15, -0.1) is 0 Å². The number of nitrogens with one attached hydrogen (secondary N) is 1. The van der Waals surface area contributed by atoms with Crippen molar-refractivity contribution in [3.8, 4) is 11.1 Å². The monoisotopic (exact) mass is 595 g/mol. The van der Waals surface area contributed by atoms with Crippen LogP contribution in [0.3, 0.4) is 0 Å². The lowest BCUT2D eigenvalue weighted by molar-refractivity contribution is -0.192. The van der Waals surface area contributed by atoms with E-state index in [-0.39, 0.29) is 11.7 Å². The van der Waals surface area contributed by atoms with Gasteiger partial charge in [-0.1, -0.05) is 0 Å². The van der Waals surface area contributed by atoms with Crippen LogP contribution in [-0.2, 0) is 14.8 Å². The molecule has 2 aliphatic heterocycles. The number of nitrogens with zero attached hydrogens (tertiary/aromatic N) is 3. The van der Waals surface area contributed by atoms with Crippen LogP contribution in [0.2, 0.25) is 0 Å². The summed E-state index contributed by atoms with van der Waals surface area (Å²) in [4.78, 5) is 31.4. The van der Waals surface area contributed by atoms with E-state index in [9.17, 15) is 26.4 Å². The molecule has 222 valence electrons. The van der Waals surface area contributed by atoms with Crippen molar-refractivity contribution in [1.29, 1.82) is 0 Å². The molecule has 4 N–H and O–H groups in total. The molecule has 0 unspecified atom stereocenters. The molecule has 2 saturated heterocycles. The Labute approximate surface area is 235 Å². The number of aromatic amines is 1. The molecule has 0 spiro atoms. The maximum Gasteiger partial charge on any atom is 0.490 e. The lowest BCUT2D eigenvalue weighted by Gasteiger charge is -2.31. The minimum Gasteiger partial charge on any atom is -0.475 e. The van der Waals surface area contributed by atoms with Crippen molar-refractivity contribution in [3.05, 3.63) is 47.8 Å². The summed E-state index contributed by atoms with van der Waals surface area (Å²) in [5.74, 6) is -1.92. The van der Waals surface area contributed by atoms with Crippen LogP contribution in [-0.4, -0.2) is 77.8 Å². The summed E-state index contributed by atoms with van der Waals surface area (Å²) in [6, 6.07) is 8.01. The number of H-pyrrole nitrogens is 1. The first-order chi connectivity index (χ1) is 19.3. The Hall–Kier alpha value is -3.65. The van der Waals surface area contributed by atoms with Gasteiger partial charge in [0.1, 0.15) is 5.82 Å². The fourth-order valence-corrected chi connectivity index (χ4v) is 6.40. The molecule has 0 bridgehead atoms. The van der Waals surface area contributed by atoms with E-state index in [4.69, 9.17) is 15.6 Å². The largest absolute Gasteiger partial charge is 0.490 e. The maximum absolute atomic E-state index is 12.3. The summed E-state index contributed by atoms with van der Waals surface area (Å²) in [6.45, 7) is 4.78. The maximum atomic E-state index is 12.3. The number of anilines is 1. The zero-order chi connectivity index (χ0) is 29.9. The predicted molar refractivity (Wildman–Crippen MR) is 148 cm³/mol. The van der Waals surface area contributed by atoms with Gasteiger partial charge in [-0.25, -0.2) is 22.5 Å². The topological polar surface area (TPSA) is 150 Å². The number of alkyl halides is 3. The van der Waals surface area contributed by atoms with Crippen molar-refractivity contribution in [1.82, 2.24) is 14.3 Å². The summed E-state index contributed by atoms with van der Waals surface area (Å²) < 4.78 is 57.8. The average Bonchev–Trinajstić information content (AvgIpc) is 3.63. The number of piperidine rings is 1. The summed E-state index contributed by atoms with van der Waals surface area (Å²) in [5, 5.41) is 8.09. The molecule has 2 fully saturated rings. The van der Waals surface area contributed by atoms with Crippen LogP contribution in [0.1, 0.15) is 54.4 Å². The predicted octanol–water partition coefficient (Wildman–Crippen LogP) is 4.09. The zero-order valence-corrected chi connectivity index (χ0v) is 23.3. The summed E-state index contributed by atoms with van der Waals surface area (Å²) >= 11 is 0. The number of pyridine rings is 1. The van der Waals surface area contributed by atoms with Gasteiger partial charge >= 0.3 is 12.1 Å². The Balaban J connectivity index is 0.000000493. The van der Waals surface area contributed by atoms with Gasteiger partial charge in [-0.2, -0.15) is 13.2 Å². The van der Waals surface area contributed by atoms with Crippen LogP contribution in [0.25, 0.3) is 22.0 Å². The van der Waals surface area contributed by atoms with Gasteiger partial charge in [0.2, 0.25) is 10.0 Å². The van der Waals surface area contributed by atoms with Crippen LogP contribution >= 0.6 is 0 Å². The molecule has 1 aromatic carbocycles. The number of aromatic nitrogens is 2. The molecule has 0 radical (unpaired) electrons. The number of carboxylic acid groups (broad SMARTS) is 1. The lowest BCUT2D eigenvalue weighted by Crippen LogP contribution is -2.38. The number of carbonyl (C=O) groups excluding carboxylic acids is 1. The standard InChI is InChI=1S/C25H31N5O3S.C2HF3O2/c1-2-34(32,33)30-11-7-17(8-12-30)22-16-28-24-20(22)13-19(14-21(24)25(26)31)18-5-6-23(27-15-18)29-9-3-4-10-29;3-2(4,5)1(6)7/h5-6,13-17,28H,2-4,7-12H2,1H3,(H2,26,31);(H,6,7). The van der Waals surface area contributed by atoms with Crippen molar-refractivity contribution in [2.75, 3.05) is 36.8 Å². The molecule has 10 nitrogen and oxygen atoms in total. The number of carboxylic acids is 1. The van der Waals surface area contributed by atoms with Crippen LogP contribution in [0.5, 0.6) is 0 Å². The molecule has 5 rings (SSSR count). The SMILES string of the molecule is CCS(=O)(=O)N1CCC(c2c[nH]c3c(C(N)=O)cc(-c4ccc(N5CCCC5)nc4)cc23)CC1.O=C(O)C(F)(F)F. The Morgan fingerprint density at radius 2 is 1.73 bits per heavy atom. The molecule has 2 aliphatic rings. The third-order valence-electron chi connectivity index (χ3n) is 7.49. The number of primary amides is 1. The van der Waals surface area contributed by atoms with Crippen molar-refractivity contribution < 1.29 is 36.3 Å². The smallest absolute Gasteiger partial charge is 0.475 e. The molecule has 4 heterocycles. The van der Waals surface area contributed by atoms with Gasteiger partial charge in [-0.3, -0.25) is 4.79 Å². The third kappa shape index (κ3) is 6.81. The van der Waals surface area contributed by atoms with Gasteiger partial charge < -0.3 is 20.7 Å². The van der Waals surface area contributed by atoms with Gasteiger partial charge in [0.05, 0.1) is 16.8 Å². The number of amides is 1. The fourth-order valence-electron chi connectivity index (χ4n) is 5.27. The fraction of sp³-hybridized carbons (Fsp3) is 0.444. The normalized spacial score (nSPS) is 16.9. The second-order valence-electron chi connectivity index (χ2n) is 10.0. The molecule has 3 aromatic rings. The highest BCUT2D eigenvalue weighted by molar-refractivity contribution is 7.89. The Morgan fingerprint density at radius 1 is 1.10 bits per heavy atom. The molecule has 41 heavy (non-hydrogen) atoms. The van der Waals surface area contributed by atoms with E-state index in [1.165, 1.54) is 12.8 Å². The van der Waals surface area contributed by atoms with E-state index in [0.29, 0.717) is 18.7 Å². The molecule has 0 aliphatic carbocycles. The molecular formula is C27H32F3N5O5S. The number of nitrogens with two attached hydrogens (primary N) is 1.